The van der Waals surface area contributed by atoms with Crippen LogP contribution in [0.5, 0.6) is 0 Å². The number of carbonyl (C=O) groups is 5. The summed E-state index contributed by atoms with van der Waals surface area (Å²) in [6.45, 7) is 12.0. The van der Waals surface area contributed by atoms with Crippen LogP contribution in [0.15, 0.2) is 47.8 Å². The number of rotatable bonds is 3. The highest BCUT2D eigenvalue weighted by Crippen LogP contribution is 2.42. The smallest absolute Gasteiger partial charge is 0.419 e. The van der Waals surface area contributed by atoms with Crippen molar-refractivity contribution in [3.63, 3.8) is 0 Å². The first-order chi connectivity index (χ1) is 22.5. The quantitative estimate of drug-likeness (QED) is 0.199. The number of imide groups is 1. The van der Waals surface area contributed by atoms with E-state index in [0.717, 1.165) is 4.88 Å². The summed E-state index contributed by atoms with van der Waals surface area (Å²) in [5, 5.41) is 4.76. The first kappa shape index (κ1) is 32.8. The van der Waals surface area contributed by atoms with Gasteiger partial charge in [-0.25, -0.2) is 14.2 Å². The summed E-state index contributed by atoms with van der Waals surface area (Å²) in [5.74, 6) is -1.48. The Kier molecular flexibility index (Phi) is 8.06. The number of hydrogen-bond acceptors (Lipinski definition) is 9. The fourth-order valence-electron chi connectivity index (χ4n) is 5.89. The molecule has 0 atom stereocenters. The Morgan fingerprint density at radius 2 is 1.42 bits per heavy atom. The number of hydrogen-bond donors (Lipinski definition) is 2. The largest absolute Gasteiger partial charge is 0.444 e. The van der Waals surface area contributed by atoms with E-state index in [1.165, 1.54) is 15.9 Å². The van der Waals surface area contributed by atoms with E-state index in [4.69, 9.17) is 15.2 Å². The molecule has 48 heavy (non-hydrogen) atoms. The molecule has 0 saturated carbocycles. The van der Waals surface area contributed by atoms with Crippen molar-refractivity contribution in [3.8, 4) is 21.7 Å². The van der Waals surface area contributed by atoms with E-state index >= 15 is 0 Å². The Labute approximate surface area is 281 Å². The van der Waals surface area contributed by atoms with Crippen molar-refractivity contribution in [1.82, 2.24) is 19.7 Å². The van der Waals surface area contributed by atoms with Gasteiger partial charge in [0, 0.05) is 53.1 Å². The normalized spacial score (nSPS) is 15.0. The minimum atomic E-state index is -0.846. The molecule has 0 bridgehead atoms. The Bertz CT molecular complexity index is 1990. The molecule has 4 aromatic rings. The molecule has 3 N–H and O–H groups in total. The predicted octanol–water partition coefficient (Wildman–Crippen LogP) is 5.98. The molecule has 4 amide bonds. The second-order valence-corrected chi connectivity index (χ2v) is 14.7. The second kappa shape index (κ2) is 11.8. The topological polar surface area (TPSA) is 153 Å². The summed E-state index contributed by atoms with van der Waals surface area (Å²) in [6, 6.07) is 12.1. The van der Waals surface area contributed by atoms with Crippen LogP contribution >= 0.6 is 11.3 Å². The first-order valence-corrected chi connectivity index (χ1v) is 16.4. The van der Waals surface area contributed by atoms with E-state index in [9.17, 15) is 24.0 Å². The van der Waals surface area contributed by atoms with Gasteiger partial charge >= 0.3 is 12.2 Å². The molecule has 0 aliphatic carbocycles. The lowest BCUT2D eigenvalue weighted by atomic mass is 9.94. The van der Waals surface area contributed by atoms with Crippen LogP contribution in [-0.4, -0.2) is 81.7 Å². The third kappa shape index (κ3) is 6.13. The Hall–Kier alpha value is -5.17. The van der Waals surface area contributed by atoms with Crippen molar-refractivity contribution in [3.05, 3.63) is 64.5 Å². The monoisotopic (exact) mass is 671 g/mol. The van der Waals surface area contributed by atoms with E-state index in [0.29, 0.717) is 59.5 Å². The van der Waals surface area contributed by atoms with Crippen LogP contribution in [0.25, 0.3) is 32.6 Å². The van der Waals surface area contributed by atoms with Crippen molar-refractivity contribution in [2.75, 3.05) is 31.9 Å². The third-order valence-corrected chi connectivity index (χ3v) is 8.86. The number of nitrogen functional groups attached to an aromatic ring is 1. The molecule has 2 aromatic heterocycles. The van der Waals surface area contributed by atoms with Gasteiger partial charge in [-0.15, -0.1) is 11.3 Å². The molecule has 0 unspecified atom stereocenters. The molecule has 2 aromatic carbocycles. The number of carbonyl (C=O) groups excluding carboxylic acids is 5. The Morgan fingerprint density at radius 1 is 0.792 bits per heavy atom. The highest BCUT2D eigenvalue weighted by atomic mass is 32.1. The number of fused-ring (bicyclic) bond motifs is 2. The zero-order valence-corrected chi connectivity index (χ0v) is 28.4. The molecule has 12 nitrogen and oxygen atoms in total. The molecular formula is C35H37N5O7S. The average molecular weight is 672 g/mol. The SMILES string of the molecule is CC(C)(C)OC(=O)N1CCN(C(=O)c2ccc3c(c2)cc(-c2cc(-c4cccs4)c(N)c4c2C(=O)NC4=O)n3C(=O)OC(C)(C)C)CC1. The van der Waals surface area contributed by atoms with Gasteiger partial charge < -0.3 is 25.0 Å². The molecule has 0 spiro atoms. The van der Waals surface area contributed by atoms with Gasteiger partial charge in [-0.1, -0.05) is 6.07 Å². The second-order valence-electron chi connectivity index (χ2n) is 13.8. The van der Waals surface area contributed by atoms with Crippen LogP contribution in [0.1, 0.15) is 72.6 Å². The van der Waals surface area contributed by atoms with Gasteiger partial charge in [0.1, 0.15) is 11.2 Å². The minimum absolute atomic E-state index is 0.0447. The third-order valence-electron chi connectivity index (χ3n) is 7.95. The molecule has 1 fully saturated rings. The first-order valence-electron chi connectivity index (χ1n) is 15.5. The molecule has 13 heteroatoms. The Balaban J connectivity index is 1.43. The number of nitrogens with zero attached hydrogens (tertiary/aromatic N) is 3. The van der Waals surface area contributed by atoms with Gasteiger partial charge in [-0.3, -0.25) is 19.7 Å². The highest BCUT2D eigenvalue weighted by Gasteiger charge is 2.36. The molecule has 1 saturated heterocycles. The number of nitrogens with two attached hydrogens (primary N) is 1. The van der Waals surface area contributed by atoms with Gasteiger partial charge in [0.2, 0.25) is 0 Å². The van der Waals surface area contributed by atoms with Crippen LogP contribution in [0.2, 0.25) is 0 Å². The van der Waals surface area contributed by atoms with E-state index < -0.39 is 35.2 Å². The van der Waals surface area contributed by atoms with Gasteiger partial charge in [0.05, 0.1) is 28.0 Å². The van der Waals surface area contributed by atoms with Crippen LogP contribution in [0.4, 0.5) is 15.3 Å². The van der Waals surface area contributed by atoms with Crippen molar-refractivity contribution in [1.29, 1.82) is 0 Å². The summed E-state index contributed by atoms with van der Waals surface area (Å²) >= 11 is 1.42. The van der Waals surface area contributed by atoms with Crippen LogP contribution in [0.3, 0.4) is 0 Å². The number of nitrogens with one attached hydrogen (secondary N) is 1. The van der Waals surface area contributed by atoms with Gasteiger partial charge in [0.15, 0.2) is 0 Å². The summed E-state index contributed by atoms with van der Waals surface area (Å²) < 4.78 is 12.6. The van der Waals surface area contributed by atoms with Crippen molar-refractivity contribution < 1.29 is 33.4 Å². The number of thiophene rings is 1. The summed E-state index contributed by atoms with van der Waals surface area (Å²) in [5.41, 5.74) is 7.28. The maximum atomic E-state index is 13.8. The lowest BCUT2D eigenvalue weighted by Gasteiger charge is -2.35. The van der Waals surface area contributed by atoms with Crippen LogP contribution in [0, 0.1) is 0 Å². The average Bonchev–Trinajstić information content (AvgIpc) is 3.73. The van der Waals surface area contributed by atoms with Crippen molar-refractivity contribution >= 4 is 57.8 Å². The number of amides is 4. The zero-order valence-electron chi connectivity index (χ0n) is 27.6. The standard InChI is InChI=1S/C35H37N5O7S/c1-34(2,3)46-32(44)39-13-11-38(12-14-39)31(43)19-9-10-23-20(16-19)17-24(40(23)33(45)47-35(4,5)6)21-18-22(25-8-7-15-48-25)28(36)27-26(21)29(41)37-30(27)42/h7-10,15-18H,11-14,36H2,1-6H3,(H,37,41,42). The number of aromatic nitrogens is 1. The van der Waals surface area contributed by atoms with E-state index in [1.54, 1.807) is 81.7 Å². The van der Waals surface area contributed by atoms with E-state index in [1.807, 2.05) is 17.5 Å². The van der Waals surface area contributed by atoms with Gasteiger partial charge in [-0.05, 0) is 83.3 Å². The summed E-state index contributed by atoms with van der Waals surface area (Å²) in [7, 11) is 0. The maximum Gasteiger partial charge on any atom is 0.419 e. The molecule has 4 heterocycles. The predicted molar refractivity (Wildman–Crippen MR) is 182 cm³/mol. The molecule has 0 radical (unpaired) electrons. The summed E-state index contributed by atoms with van der Waals surface area (Å²) in [4.78, 5) is 70.3. The van der Waals surface area contributed by atoms with E-state index in [-0.39, 0.29) is 22.7 Å². The van der Waals surface area contributed by atoms with Crippen molar-refractivity contribution in [2.45, 2.75) is 52.7 Å². The molecular weight excluding hydrogens is 634 g/mol. The molecule has 2 aliphatic rings. The number of ether oxygens (including phenoxy) is 2. The lowest BCUT2D eigenvalue weighted by molar-refractivity contribution is 0.0140. The Morgan fingerprint density at radius 3 is 2.04 bits per heavy atom. The number of benzene rings is 2. The zero-order chi connectivity index (χ0) is 34.7. The maximum absolute atomic E-state index is 13.8. The fraction of sp³-hybridized carbons (Fsp3) is 0.343. The highest BCUT2D eigenvalue weighted by molar-refractivity contribution is 7.13. The van der Waals surface area contributed by atoms with E-state index in [2.05, 4.69) is 5.32 Å². The van der Waals surface area contributed by atoms with Gasteiger partial charge in [0.25, 0.3) is 17.7 Å². The number of anilines is 1. The summed E-state index contributed by atoms with van der Waals surface area (Å²) in [6.07, 6.45) is -1.11. The van der Waals surface area contributed by atoms with Crippen molar-refractivity contribution in [2.24, 2.45) is 0 Å². The number of piperazine rings is 1. The minimum Gasteiger partial charge on any atom is -0.444 e. The van der Waals surface area contributed by atoms with Gasteiger partial charge in [-0.2, -0.15) is 0 Å². The molecule has 2 aliphatic heterocycles. The lowest BCUT2D eigenvalue weighted by Crippen LogP contribution is -2.51. The van der Waals surface area contributed by atoms with Crippen LogP contribution in [-0.2, 0) is 9.47 Å². The molecule has 6 rings (SSSR count). The molecule has 250 valence electrons. The van der Waals surface area contributed by atoms with Crippen LogP contribution < -0.4 is 11.1 Å². The fourth-order valence-corrected chi connectivity index (χ4v) is 6.64.